The van der Waals surface area contributed by atoms with Crippen LogP contribution < -0.4 is 10.6 Å². The maximum absolute atomic E-state index is 14.2. The van der Waals surface area contributed by atoms with Gasteiger partial charge in [0.25, 0.3) is 0 Å². The summed E-state index contributed by atoms with van der Waals surface area (Å²) in [5.41, 5.74) is 0.391. The second kappa shape index (κ2) is 9.18. The van der Waals surface area contributed by atoms with Crippen molar-refractivity contribution in [3.63, 3.8) is 0 Å². The van der Waals surface area contributed by atoms with Gasteiger partial charge in [-0.2, -0.15) is 0 Å². The Morgan fingerprint density at radius 2 is 2.04 bits per heavy atom. The number of aromatic nitrogens is 3. The van der Waals surface area contributed by atoms with Crippen LogP contribution in [0, 0.1) is 11.7 Å². The molecule has 9 heteroatoms. The van der Waals surface area contributed by atoms with Crippen molar-refractivity contribution in [3.8, 4) is 11.4 Å². The highest BCUT2D eigenvalue weighted by Crippen LogP contribution is 2.41. The van der Waals surface area contributed by atoms with Crippen LogP contribution in [0.1, 0.15) is 39.2 Å². The number of benzene rings is 1. The van der Waals surface area contributed by atoms with Gasteiger partial charge >= 0.3 is 6.03 Å². The Morgan fingerprint density at radius 3 is 2.71 bits per heavy atom. The van der Waals surface area contributed by atoms with Gasteiger partial charge in [0.05, 0.1) is 11.3 Å². The largest absolute Gasteiger partial charge is 0.338 e. The zero-order valence-corrected chi connectivity index (χ0v) is 16.8. The number of carbonyl (C=O) groups excluding carboxylic acids is 2. The summed E-state index contributed by atoms with van der Waals surface area (Å²) in [6.45, 7) is 4.64. The molecule has 7 nitrogen and oxygen atoms in total. The van der Waals surface area contributed by atoms with Crippen LogP contribution in [-0.2, 0) is 4.79 Å². The summed E-state index contributed by atoms with van der Waals surface area (Å²) in [5.74, 6) is 0.202. The molecule has 0 saturated heterocycles. The standard InChI is InChI=1S/C19H24FN5O2S/c1-12(2)9-10-21-18(27)22-16(26)11-28-19-24-23-17(25(19)13-7-8-13)14-5-3-4-6-15(14)20/h3-6,12-13H,7-11H2,1-2H3,(H2,21,22,26,27). The number of carbonyl (C=O) groups is 2. The lowest BCUT2D eigenvalue weighted by molar-refractivity contribution is -0.117. The molecule has 1 heterocycles. The van der Waals surface area contributed by atoms with Gasteiger partial charge in [-0.1, -0.05) is 37.7 Å². The van der Waals surface area contributed by atoms with Crippen LogP contribution in [0.25, 0.3) is 11.4 Å². The van der Waals surface area contributed by atoms with Crippen LogP contribution in [0.2, 0.25) is 0 Å². The highest BCUT2D eigenvalue weighted by molar-refractivity contribution is 7.99. The molecule has 3 amide bonds. The molecule has 150 valence electrons. The number of imide groups is 1. The van der Waals surface area contributed by atoms with Gasteiger partial charge in [0.15, 0.2) is 11.0 Å². The lowest BCUT2D eigenvalue weighted by Crippen LogP contribution is -2.40. The molecule has 0 bridgehead atoms. The summed E-state index contributed by atoms with van der Waals surface area (Å²) in [6, 6.07) is 6.16. The normalized spacial score (nSPS) is 13.6. The van der Waals surface area contributed by atoms with Gasteiger partial charge in [0.1, 0.15) is 5.82 Å². The minimum Gasteiger partial charge on any atom is -0.338 e. The number of nitrogens with zero attached hydrogens (tertiary/aromatic N) is 3. The fraction of sp³-hybridized carbons (Fsp3) is 0.474. The molecule has 0 aliphatic heterocycles. The third-order valence-corrected chi connectivity index (χ3v) is 5.23. The number of hydrogen-bond acceptors (Lipinski definition) is 5. The molecule has 0 atom stereocenters. The van der Waals surface area contributed by atoms with E-state index in [0.717, 1.165) is 19.3 Å². The van der Waals surface area contributed by atoms with Crippen molar-refractivity contribution < 1.29 is 14.0 Å². The van der Waals surface area contributed by atoms with E-state index in [-0.39, 0.29) is 17.6 Å². The summed E-state index contributed by atoms with van der Waals surface area (Å²) in [4.78, 5) is 23.8. The SMILES string of the molecule is CC(C)CCNC(=O)NC(=O)CSc1nnc(-c2ccccc2F)n1C1CC1. The van der Waals surface area contributed by atoms with E-state index in [4.69, 9.17) is 0 Å². The fourth-order valence-corrected chi connectivity index (χ4v) is 3.48. The second-order valence-corrected chi connectivity index (χ2v) is 8.10. The number of thioether (sulfide) groups is 1. The van der Waals surface area contributed by atoms with E-state index in [1.165, 1.54) is 17.8 Å². The Hall–Kier alpha value is -2.42. The molecule has 1 aromatic heterocycles. The molecule has 0 radical (unpaired) electrons. The van der Waals surface area contributed by atoms with Crippen molar-refractivity contribution in [3.05, 3.63) is 30.1 Å². The maximum atomic E-state index is 14.2. The van der Waals surface area contributed by atoms with Crippen molar-refractivity contribution >= 4 is 23.7 Å². The first-order valence-corrected chi connectivity index (χ1v) is 10.3. The zero-order chi connectivity index (χ0) is 20.1. The highest BCUT2D eigenvalue weighted by Gasteiger charge is 2.31. The van der Waals surface area contributed by atoms with E-state index in [9.17, 15) is 14.0 Å². The Morgan fingerprint density at radius 1 is 1.29 bits per heavy atom. The van der Waals surface area contributed by atoms with E-state index in [1.54, 1.807) is 18.2 Å². The maximum Gasteiger partial charge on any atom is 0.321 e. The van der Waals surface area contributed by atoms with Crippen molar-refractivity contribution in [1.29, 1.82) is 0 Å². The predicted octanol–water partition coefficient (Wildman–Crippen LogP) is 3.38. The average Bonchev–Trinajstić information content (AvgIpc) is 3.39. The van der Waals surface area contributed by atoms with Gasteiger partial charge in [-0.25, -0.2) is 9.18 Å². The van der Waals surface area contributed by atoms with Crippen LogP contribution in [-0.4, -0.2) is 39.0 Å². The molecule has 1 aliphatic carbocycles. The second-order valence-electron chi connectivity index (χ2n) is 7.16. The summed E-state index contributed by atoms with van der Waals surface area (Å²) in [6.07, 6.45) is 2.79. The number of nitrogens with one attached hydrogen (secondary N) is 2. The summed E-state index contributed by atoms with van der Waals surface area (Å²) >= 11 is 1.19. The Bertz CT molecular complexity index is 851. The van der Waals surface area contributed by atoms with Crippen LogP contribution in [0.4, 0.5) is 9.18 Å². The van der Waals surface area contributed by atoms with Crippen molar-refractivity contribution in [2.45, 2.75) is 44.3 Å². The number of amides is 3. The molecule has 3 rings (SSSR count). The number of halogens is 1. The van der Waals surface area contributed by atoms with Crippen LogP contribution >= 0.6 is 11.8 Å². The van der Waals surface area contributed by atoms with E-state index in [0.29, 0.717) is 29.0 Å². The zero-order valence-electron chi connectivity index (χ0n) is 15.9. The molecule has 28 heavy (non-hydrogen) atoms. The molecular weight excluding hydrogens is 381 g/mol. The molecule has 1 saturated carbocycles. The molecule has 1 fully saturated rings. The molecule has 0 unspecified atom stereocenters. The topological polar surface area (TPSA) is 88.9 Å². The molecule has 0 spiro atoms. The molecule has 2 N–H and O–H groups in total. The third kappa shape index (κ3) is 5.31. The third-order valence-electron chi connectivity index (χ3n) is 4.28. The van der Waals surface area contributed by atoms with E-state index < -0.39 is 11.9 Å². The first kappa shape index (κ1) is 20.3. The highest BCUT2D eigenvalue weighted by atomic mass is 32.2. The number of hydrogen-bond donors (Lipinski definition) is 2. The molecular formula is C19H24FN5O2S. The Labute approximate surface area is 167 Å². The smallest absolute Gasteiger partial charge is 0.321 e. The molecule has 1 aromatic carbocycles. The van der Waals surface area contributed by atoms with Gasteiger partial charge in [-0.05, 0) is 37.3 Å². The van der Waals surface area contributed by atoms with Crippen molar-refractivity contribution in [2.75, 3.05) is 12.3 Å². The van der Waals surface area contributed by atoms with Gasteiger partial charge in [-0.3, -0.25) is 14.7 Å². The van der Waals surface area contributed by atoms with Gasteiger partial charge in [0.2, 0.25) is 5.91 Å². The molecule has 1 aliphatic rings. The van der Waals surface area contributed by atoms with Gasteiger partial charge < -0.3 is 5.32 Å². The van der Waals surface area contributed by atoms with Gasteiger partial charge in [0, 0.05) is 12.6 Å². The minimum atomic E-state index is -0.498. The van der Waals surface area contributed by atoms with E-state index >= 15 is 0 Å². The van der Waals surface area contributed by atoms with Crippen LogP contribution in [0.5, 0.6) is 0 Å². The van der Waals surface area contributed by atoms with Gasteiger partial charge in [-0.15, -0.1) is 10.2 Å². The van der Waals surface area contributed by atoms with Crippen molar-refractivity contribution in [2.24, 2.45) is 5.92 Å². The minimum absolute atomic E-state index is 0.0275. The number of rotatable bonds is 8. The van der Waals surface area contributed by atoms with Crippen molar-refractivity contribution in [1.82, 2.24) is 25.4 Å². The van der Waals surface area contributed by atoms with E-state index in [2.05, 4.69) is 34.7 Å². The van der Waals surface area contributed by atoms with Crippen LogP contribution in [0.15, 0.2) is 29.4 Å². The monoisotopic (exact) mass is 405 g/mol. The average molecular weight is 405 g/mol. The predicted molar refractivity (Wildman–Crippen MR) is 105 cm³/mol. The summed E-state index contributed by atoms with van der Waals surface area (Å²) < 4.78 is 16.0. The lowest BCUT2D eigenvalue weighted by atomic mass is 10.1. The first-order chi connectivity index (χ1) is 13.5. The first-order valence-electron chi connectivity index (χ1n) is 9.36. The quantitative estimate of drug-likeness (QED) is 0.657. The number of urea groups is 1. The lowest BCUT2D eigenvalue weighted by Gasteiger charge is -2.10. The summed E-state index contributed by atoms with van der Waals surface area (Å²) in [7, 11) is 0. The van der Waals surface area contributed by atoms with Crippen LogP contribution in [0.3, 0.4) is 0 Å². The fourth-order valence-electron chi connectivity index (χ4n) is 2.67. The molecule has 2 aromatic rings. The Balaban J connectivity index is 1.60. The Kier molecular flexibility index (Phi) is 6.66. The summed E-state index contributed by atoms with van der Waals surface area (Å²) in [5, 5.41) is 13.8. The van der Waals surface area contributed by atoms with E-state index in [1.807, 2.05) is 4.57 Å².